The van der Waals surface area contributed by atoms with Gasteiger partial charge in [-0.25, -0.2) is 0 Å². The molecule has 22 heavy (non-hydrogen) atoms. The molecule has 0 N–H and O–H groups in total. The van der Waals surface area contributed by atoms with Gasteiger partial charge in [-0.1, -0.05) is 0 Å². The standard InChI is InChI=1S/C18H21NO3/c1-19-7-4-11-8-14-17(22-10-21-14)16-15(11)13(19)9-18(16)5-2-12(20)3-6-18/h8,13H,2-7,9-10H2,1H3/t13-/m1/s1. The molecule has 1 atom stereocenters. The summed E-state index contributed by atoms with van der Waals surface area (Å²) in [7, 11) is 2.23. The van der Waals surface area contributed by atoms with Crippen molar-refractivity contribution in [3.63, 3.8) is 0 Å². The number of fused-ring (bicyclic) bond motifs is 3. The lowest BCUT2D eigenvalue weighted by Crippen LogP contribution is -2.33. The second-order valence-electron chi connectivity index (χ2n) is 7.33. The van der Waals surface area contributed by atoms with Gasteiger partial charge in [-0.2, -0.15) is 0 Å². The maximum atomic E-state index is 11.8. The molecule has 4 nitrogen and oxygen atoms in total. The predicted molar refractivity (Wildman–Crippen MR) is 81.4 cm³/mol. The lowest BCUT2D eigenvalue weighted by atomic mass is 9.69. The first kappa shape index (κ1) is 12.9. The molecule has 0 unspecified atom stereocenters. The van der Waals surface area contributed by atoms with Gasteiger partial charge in [0, 0.05) is 36.4 Å². The van der Waals surface area contributed by atoms with Crippen LogP contribution in [-0.4, -0.2) is 31.1 Å². The topological polar surface area (TPSA) is 38.8 Å². The third kappa shape index (κ3) is 1.54. The minimum atomic E-state index is 0.125. The Morgan fingerprint density at radius 2 is 2.05 bits per heavy atom. The first-order chi connectivity index (χ1) is 10.7. The van der Waals surface area contributed by atoms with Crippen LogP contribution in [0.3, 0.4) is 0 Å². The molecule has 0 radical (unpaired) electrons. The van der Waals surface area contributed by atoms with E-state index in [1.54, 1.807) is 0 Å². The van der Waals surface area contributed by atoms with Crippen LogP contribution >= 0.6 is 0 Å². The Bertz CT molecular complexity index is 671. The van der Waals surface area contributed by atoms with E-state index in [1.165, 1.54) is 16.7 Å². The maximum absolute atomic E-state index is 11.8. The molecule has 5 rings (SSSR count). The Labute approximate surface area is 130 Å². The van der Waals surface area contributed by atoms with Crippen molar-refractivity contribution in [2.45, 2.75) is 50.0 Å². The van der Waals surface area contributed by atoms with Crippen LogP contribution in [0.5, 0.6) is 11.5 Å². The summed E-state index contributed by atoms with van der Waals surface area (Å²) in [6.07, 6.45) is 5.61. The molecule has 2 aliphatic carbocycles. The Balaban J connectivity index is 1.74. The van der Waals surface area contributed by atoms with E-state index in [0.717, 1.165) is 56.6 Å². The van der Waals surface area contributed by atoms with Gasteiger partial charge < -0.3 is 9.47 Å². The van der Waals surface area contributed by atoms with Crippen LogP contribution in [0.15, 0.2) is 6.07 Å². The SMILES string of the molecule is CN1CCc2cc3c(c4c2[C@H]1CC41CCC(=O)CC1)OCO3. The summed E-state index contributed by atoms with van der Waals surface area (Å²) in [5.74, 6) is 2.32. The fourth-order valence-corrected chi connectivity index (χ4v) is 5.09. The number of Topliss-reactive ketones (excluding diaryl/α,β-unsaturated/α-hetero) is 1. The van der Waals surface area contributed by atoms with Crippen molar-refractivity contribution in [3.05, 3.63) is 22.8 Å². The van der Waals surface area contributed by atoms with Gasteiger partial charge in [0.1, 0.15) is 5.78 Å². The van der Waals surface area contributed by atoms with Crippen LogP contribution in [0.1, 0.15) is 54.8 Å². The van der Waals surface area contributed by atoms with E-state index in [0.29, 0.717) is 18.6 Å². The summed E-state index contributed by atoms with van der Waals surface area (Å²) in [5, 5.41) is 0. The second-order valence-corrected chi connectivity index (χ2v) is 7.33. The van der Waals surface area contributed by atoms with Crippen molar-refractivity contribution in [2.75, 3.05) is 20.4 Å². The van der Waals surface area contributed by atoms with E-state index < -0.39 is 0 Å². The van der Waals surface area contributed by atoms with Crippen LogP contribution in [0.25, 0.3) is 0 Å². The van der Waals surface area contributed by atoms with E-state index in [-0.39, 0.29) is 5.41 Å². The third-order valence-electron chi connectivity index (χ3n) is 6.27. The molecule has 0 bridgehead atoms. The molecule has 1 aromatic rings. The van der Waals surface area contributed by atoms with Crippen molar-refractivity contribution >= 4 is 5.78 Å². The highest BCUT2D eigenvalue weighted by Crippen LogP contribution is 2.61. The number of hydrogen-bond donors (Lipinski definition) is 0. The van der Waals surface area contributed by atoms with Crippen molar-refractivity contribution in [2.24, 2.45) is 0 Å². The van der Waals surface area contributed by atoms with Crippen molar-refractivity contribution in [3.8, 4) is 11.5 Å². The molecule has 1 spiro atoms. The first-order valence-electron chi connectivity index (χ1n) is 8.36. The van der Waals surface area contributed by atoms with Crippen molar-refractivity contribution in [1.82, 2.24) is 4.90 Å². The molecule has 2 aliphatic heterocycles. The molecular weight excluding hydrogens is 278 g/mol. The normalized spacial score (nSPS) is 28.2. The monoisotopic (exact) mass is 299 g/mol. The van der Waals surface area contributed by atoms with Crippen LogP contribution in [0.4, 0.5) is 0 Å². The number of carbonyl (C=O) groups excluding carboxylic acids is 1. The molecule has 1 saturated carbocycles. The van der Waals surface area contributed by atoms with Crippen LogP contribution in [0.2, 0.25) is 0 Å². The fraction of sp³-hybridized carbons (Fsp3) is 0.611. The Morgan fingerprint density at radius 1 is 1.23 bits per heavy atom. The molecule has 4 aliphatic rings. The number of likely N-dealkylation sites (N-methyl/N-ethyl adjacent to an activating group) is 1. The summed E-state index contributed by atoms with van der Waals surface area (Å²) in [6.45, 7) is 1.44. The predicted octanol–water partition coefficient (Wildman–Crippen LogP) is 2.73. The van der Waals surface area contributed by atoms with E-state index >= 15 is 0 Å². The molecular formula is C18H21NO3. The molecule has 116 valence electrons. The summed E-state index contributed by atoms with van der Waals surface area (Å²) < 4.78 is 11.6. The Kier molecular flexibility index (Phi) is 2.50. The minimum absolute atomic E-state index is 0.125. The number of nitrogens with zero attached hydrogens (tertiary/aromatic N) is 1. The Hall–Kier alpha value is -1.55. The Morgan fingerprint density at radius 3 is 2.86 bits per heavy atom. The van der Waals surface area contributed by atoms with Gasteiger partial charge in [0.2, 0.25) is 6.79 Å². The average molecular weight is 299 g/mol. The van der Waals surface area contributed by atoms with Gasteiger partial charge in [-0.05, 0) is 49.9 Å². The number of rotatable bonds is 0. The molecule has 1 aromatic carbocycles. The highest BCUT2D eigenvalue weighted by molar-refractivity contribution is 5.80. The molecule has 2 heterocycles. The van der Waals surface area contributed by atoms with Gasteiger partial charge in [0.15, 0.2) is 11.5 Å². The zero-order valence-electron chi connectivity index (χ0n) is 13.0. The summed E-state index contributed by atoms with van der Waals surface area (Å²) >= 11 is 0. The number of hydrogen-bond acceptors (Lipinski definition) is 4. The largest absolute Gasteiger partial charge is 0.454 e. The molecule has 0 amide bonds. The number of ketones is 1. The first-order valence-corrected chi connectivity index (χ1v) is 8.36. The van der Waals surface area contributed by atoms with Crippen molar-refractivity contribution in [1.29, 1.82) is 0 Å². The number of ether oxygens (including phenoxy) is 2. The van der Waals surface area contributed by atoms with E-state index in [1.807, 2.05) is 0 Å². The number of carbonyl (C=O) groups is 1. The zero-order chi connectivity index (χ0) is 14.9. The summed E-state index contributed by atoms with van der Waals surface area (Å²) in [4.78, 5) is 14.3. The minimum Gasteiger partial charge on any atom is -0.454 e. The quantitative estimate of drug-likeness (QED) is 0.738. The van der Waals surface area contributed by atoms with Gasteiger partial charge >= 0.3 is 0 Å². The van der Waals surface area contributed by atoms with E-state index in [2.05, 4.69) is 18.0 Å². The average Bonchev–Trinajstić information content (AvgIpc) is 3.10. The number of benzene rings is 1. The van der Waals surface area contributed by atoms with Gasteiger partial charge in [0.05, 0.1) is 0 Å². The van der Waals surface area contributed by atoms with Crippen LogP contribution < -0.4 is 9.47 Å². The van der Waals surface area contributed by atoms with Crippen LogP contribution in [0, 0.1) is 0 Å². The molecule has 1 fully saturated rings. The van der Waals surface area contributed by atoms with Crippen LogP contribution in [-0.2, 0) is 16.6 Å². The van der Waals surface area contributed by atoms with E-state index in [9.17, 15) is 4.79 Å². The lowest BCUT2D eigenvalue weighted by Gasteiger charge is -2.35. The van der Waals surface area contributed by atoms with E-state index in [4.69, 9.17) is 9.47 Å². The third-order valence-corrected chi connectivity index (χ3v) is 6.27. The van der Waals surface area contributed by atoms with Crippen molar-refractivity contribution < 1.29 is 14.3 Å². The summed E-state index contributed by atoms with van der Waals surface area (Å²) in [5.41, 5.74) is 4.45. The molecule has 0 saturated heterocycles. The highest BCUT2D eigenvalue weighted by atomic mass is 16.7. The maximum Gasteiger partial charge on any atom is 0.231 e. The molecule has 4 heteroatoms. The zero-order valence-corrected chi connectivity index (χ0v) is 13.0. The fourth-order valence-electron chi connectivity index (χ4n) is 5.09. The lowest BCUT2D eigenvalue weighted by molar-refractivity contribution is -0.121. The smallest absolute Gasteiger partial charge is 0.231 e. The highest BCUT2D eigenvalue weighted by Gasteiger charge is 2.51. The van der Waals surface area contributed by atoms with Gasteiger partial charge in [-0.15, -0.1) is 0 Å². The molecule has 0 aromatic heterocycles. The van der Waals surface area contributed by atoms with Gasteiger partial charge in [-0.3, -0.25) is 9.69 Å². The summed E-state index contributed by atoms with van der Waals surface area (Å²) in [6, 6.07) is 2.69. The van der Waals surface area contributed by atoms with Gasteiger partial charge in [0.25, 0.3) is 0 Å². The second kappa shape index (κ2) is 4.25.